The van der Waals surface area contributed by atoms with Crippen LogP contribution in [0.2, 0.25) is 0 Å². The van der Waals surface area contributed by atoms with Crippen LogP contribution in [0.1, 0.15) is 40.7 Å². The van der Waals surface area contributed by atoms with Crippen LogP contribution in [0.25, 0.3) is 0 Å². The molecule has 0 saturated carbocycles. The molecule has 4 heteroatoms. The standard InChI is InChI=1S/C16H18N2O2/c1-10-7-8-14-12(9-10)15(18-20-14)16(19)17-13-6-4-3-5-11(13)2/h3-6,10H,7-9H2,1-2H3,(H,17,19)/t10-/m0/s1. The van der Waals surface area contributed by atoms with Gasteiger partial charge in [0.2, 0.25) is 0 Å². The zero-order chi connectivity index (χ0) is 14.1. The Morgan fingerprint density at radius 2 is 2.20 bits per heavy atom. The van der Waals surface area contributed by atoms with Gasteiger partial charge in [-0.1, -0.05) is 30.3 Å². The van der Waals surface area contributed by atoms with Gasteiger partial charge in [0, 0.05) is 17.7 Å². The Labute approximate surface area is 118 Å². The van der Waals surface area contributed by atoms with Gasteiger partial charge in [0.15, 0.2) is 5.69 Å². The van der Waals surface area contributed by atoms with E-state index in [0.717, 1.165) is 41.8 Å². The molecule has 20 heavy (non-hydrogen) atoms. The third-order valence-electron chi connectivity index (χ3n) is 3.89. The molecule has 104 valence electrons. The fourth-order valence-corrected chi connectivity index (χ4v) is 2.65. The van der Waals surface area contributed by atoms with Crippen molar-refractivity contribution in [2.45, 2.75) is 33.1 Å². The van der Waals surface area contributed by atoms with Crippen molar-refractivity contribution in [2.24, 2.45) is 5.92 Å². The summed E-state index contributed by atoms with van der Waals surface area (Å²) < 4.78 is 5.31. The van der Waals surface area contributed by atoms with Crippen LogP contribution in [0, 0.1) is 12.8 Å². The lowest BCUT2D eigenvalue weighted by Gasteiger charge is -2.16. The van der Waals surface area contributed by atoms with Crippen molar-refractivity contribution < 1.29 is 9.32 Å². The predicted octanol–water partition coefficient (Wildman–Crippen LogP) is 3.36. The lowest BCUT2D eigenvalue weighted by molar-refractivity contribution is 0.101. The number of amides is 1. The van der Waals surface area contributed by atoms with Crippen LogP contribution >= 0.6 is 0 Å². The highest BCUT2D eigenvalue weighted by Gasteiger charge is 2.27. The molecule has 1 aromatic heterocycles. The number of hydrogen-bond donors (Lipinski definition) is 1. The van der Waals surface area contributed by atoms with E-state index in [-0.39, 0.29) is 5.91 Å². The number of aromatic nitrogens is 1. The van der Waals surface area contributed by atoms with E-state index in [1.807, 2.05) is 31.2 Å². The summed E-state index contributed by atoms with van der Waals surface area (Å²) in [7, 11) is 0. The Bertz CT molecular complexity index is 646. The molecule has 3 rings (SSSR count). The highest BCUT2D eigenvalue weighted by atomic mass is 16.5. The first-order valence-electron chi connectivity index (χ1n) is 6.99. The van der Waals surface area contributed by atoms with E-state index in [4.69, 9.17) is 4.52 Å². The van der Waals surface area contributed by atoms with Gasteiger partial charge in [-0.15, -0.1) is 0 Å². The highest BCUT2D eigenvalue weighted by molar-refractivity contribution is 6.04. The maximum absolute atomic E-state index is 12.4. The molecule has 1 aromatic carbocycles. The largest absolute Gasteiger partial charge is 0.360 e. The smallest absolute Gasteiger partial charge is 0.278 e. The van der Waals surface area contributed by atoms with E-state index in [9.17, 15) is 4.79 Å². The molecular weight excluding hydrogens is 252 g/mol. The first kappa shape index (κ1) is 12.9. The Kier molecular flexibility index (Phi) is 3.30. The molecule has 1 aliphatic rings. The molecule has 0 aliphatic heterocycles. The number of benzene rings is 1. The number of nitrogens with one attached hydrogen (secondary N) is 1. The third kappa shape index (κ3) is 2.33. The van der Waals surface area contributed by atoms with Crippen LogP contribution in [0.3, 0.4) is 0 Å². The summed E-state index contributed by atoms with van der Waals surface area (Å²) in [6, 6.07) is 7.71. The molecule has 0 saturated heterocycles. The molecule has 0 radical (unpaired) electrons. The van der Waals surface area contributed by atoms with Crippen molar-refractivity contribution in [1.29, 1.82) is 0 Å². The lowest BCUT2D eigenvalue weighted by atomic mass is 9.88. The van der Waals surface area contributed by atoms with Crippen LogP contribution in [-0.2, 0) is 12.8 Å². The normalized spacial score (nSPS) is 17.6. The van der Waals surface area contributed by atoms with Gasteiger partial charge < -0.3 is 9.84 Å². The summed E-state index contributed by atoms with van der Waals surface area (Å²) >= 11 is 0. The van der Waals surface area contributed by atoms with E-state index in [2.05, 4.69) is 17.4 Å². The monoisotopic (exact) mass is 270 g/mol. The molecule has 0 fully saturated rings. The first-order chi connectivity index (χ1) is 9.65. The summed E-state index contributed by atoms with van der Waals surface area (Å²) in [5.74, 6) is 1.27. The third-order valence-corrected chi connectivity index (χ3v) is 3.89. The van der Waals surface area contributed by atoms with Gasteiger partial charge >= 0.3 is 0 Å². The first-order valence-corrected chi connectivity index (χ1v) is 6.99. The predicted molar refractivity (Wildman–Crippen MR) is 76.8 cm³/mol. The van der Waals surface area contributed by atoms with Gasteiger partial charge in [0.1, 0.15) is 5.76 Å². The maximum atomic E-state index is 12.4. The average molecular weight is 270 g/mol. The number of aryl methyl sites for hydroxylation is 2. The number of para-hydroxylation sites is 1. The van der Waals surface area contributed by atoms with Crippen molar-refractivity contribution in [1.82, 2.24) is 5.16 Å². The number of carbonyl (C=O) groups excluding carboxylic acids is 1. The highest BCUT2D eigenvalue weighted by Crippen LogP contribution is 2.28. The Balaban J connectivity index is 1.85. The minimum Gasteiger partial charge on any atom is -0.360 e. The Morgan fingerprint density at radius 1 is 1.40 bits per heavy atom. The van der Waals surface area contributed by atoms with Gasteiger partial charge in [0.05, 0.1) is 0 Å². The zero-order valence-electron chi connectivity index (χ0n) is 11.8. The average Bonchev–Trinajstić information content (AvgIpc) is 2.84. The van der Waals surface area contributed by atoms with Crippen molar-refractivity contribution in [2.75, 3.05) is 5.32 Å². The minimum absolute atomic E-state index is 0.182. The number of rotatable bonds is 2. The second kappa shape index (κ2) is 5.12. The van der Waals surface area contributed by atoms with E-state index in [1.54, 1.807) is 0 Å². The molecule has 1 heterocycles. The number of anilines is 1. The van der Waals surface area contributed by atoms with Crippen LogP contribution in [0.4, 0.5) is 5.69 Å². The molecule has 4 nitrogen and oxygen atoms in total. The van der Waals surface area contributed by atoms with Crippen molar-refractivity contribution >= 4 is 11.6 Å². The SMILES string of the molecule is Cc1ccccc1NC(=O)c1noc2c1C[C@@H](C)CC2. The van der Waals surface area contributed by atoms with Gasteiger partial charge in [-0.3, -0.25) is 4.79 Å². The number of hydrogen-bond acceptors (Lipinski definition) is 3. The molecular formula is C16H18N2O2. The second-order valence-corrected chi connectivity index (χ2v) is 5.55. The van der Waals surface area contributed by atoms with E-state index in [0.29, 0.717) is 11.6 Å². The molecule has 0 spiro atoms. The summed E-state index contributed by atoms with van der Waals surface area (Å²) in [6.07, 6.45) is 2.84. The van der Waals surface area contributed by atoms with Crippen molar-refractivity contribution in [3.05, 3.63) is 46.8 Å². The van der Waals surface area contributed by atoms with Crippen LogP contribution in [0.15, 0.2) is 28.8 Å². The summed E-state index contributed by atoms with van der Waals surface area (Å²) in [5.41, 5.74) is 3.27. The fourth-order valence-electron chi connectivity index (χ4n) is 2.65. The van der Waals surface area contributed by atoms with Gasteiger partial charge in [-0.05, 0) is 37.3 Å². The fraction of sp³-hybridized carbons (Fsp3) is 0.375. The molecule has 0 unspecified atom stereocenters. The van der Waals surface area contributed by atoms with E-state index < -0.39 is 0 Å². The minimum atomic E-state index is -0.182. The summed E-state index contributed by atoms with van der Waals surface area (Å²) in [6.45, 7) is 4.16. The van der Waals surface area contributed by atoms with Crippen LogP contribution in [0.5, 0.6) is 0 Å². The van der Waals surface area contributed by atoms with Gasteiger partial charge in [-0.2, -0.15) is 0 Å². The maximum Gasteiger partial charge on any atom is 0.278 e. The van der Waals surface area contributed by atoms with E-state index in [1.165, 1.54) is 0 Å². The van der Waals surface area contributed by atoms with Crippen molar-refractivity contribution in [3.63, 3.8) is 0 Å². The van der Waals surface area contributed by atoms with Crippen LogP contribution < -0.4 is 5.32 Å². The Hall–Kier alpha value is -2.10. The Morgan fingerprint density at radius 3 is 3.00 bits per heavy atom. The second-order valence-electron chi connectivity index (χ2n) is 5.55. The number of carbonyl (C=O) groups is 1. The van der Waals surface area contributed by atoms with Crippen LogP contribution in [-0.4, -0.2) is 11.1 Å². The zero-order valence-corrected chi connectivity index (χ0v) is 11.8. The summed E-state index contributed by atoms with van der Waals surface area (Å²) in [4.78, 5) is 12.4. The molecule has 1 aliphatic carbocycles. The number of nitrogens with zero attached hydrogens (tertiary/aromatic N) is 1. The lowest BCUT2D eigenvalue weighted by Crippen LogP contribution is -2.18. The molecule has 1 atom stereocenters. The van der Waals surface area contributed by atoms with E-state index >= 15 is 0 Å². The molecule has 2 aromatic rings. The topological polar surface area (TPSA) is 55.1 Å². The molecule has 1 amide bonds. The summed E-state index contributed by atoms with van der Waals surface area (Å²) in [5, 5.41) is 6.89. The molecule has 1 N–H and O–H groups in total. The van der Waals surface area contributed by atoms with Crippen molar-refractivity contribution in [3.8, 4) is 0 Å². The molecule has 0 bridgehead atoms. The van der Waals surface area contributed by atoms with Gasteiger partial charge in [0.25, 0.3) is 5.91 Å². The quantitative estimate of drug-likeness (QED) is 0.910. The van der Waals surface area contributed by atoms with Gasteiger partial charge in [-0.25, -0.2) is 0 Å². The number of fused-ring (bicyclic) bond motifs is 1.